The molecule has 20 heavy (non-hydrogen) atoms. The first-order valence-corrected chi connectivity index (χ1v) is 7.90. The van der Waals surface area contributed by atoms with Gasteiger partial charge in [0.05, 0.1) is 5.25 Å². The molecule has 2 rings (SSSR count). The predicted octanol–water partition coefficient (Wildman–Crippen LogP) is 2.58. The van der Waals surface area contributed by atoms with Crippen LogP contribution in [0.15, 0.2) is 28.7 Å². The Labute approximate surface area is 116 Å². The van der Waals surface area contributed by atoms with Gasteiger partial charge in [0, 0.05) is 6.92 Å². The molecule has 0 aliphatic rings. The lowest BCUT2D eigenvalue weighted by molar-refractivity contribution is 0.478. The Morgan fingerprint density at radius 2 is 1.90 bits per heavy atom. The average Bonchev–Trinajstić information content (AvgIpc) is 2.77. The molecule has 2 aromatic rings. The molecule has 0 N–H and O–H groups in total. The molecular formula is C13H15FN2O3S. The molecule has 0 saturated carbocycles. The monoisotopic (exact) mass is 298 g/mol. The van der Waals surface area contributed by atoms with Crippen molar-refractivity contribution in [1.29, 1.82) is 0 Å². The van der Waals surface area contributed by atoms with Gasteiger partial charge in [-0.15, -0.1) is 10.2 Å². The highest BCUT2D eigenvalue weighted by atomic mass is 32.2. The van der Waals surface area contributed by atoms with Gasteiger partial charge in [0.1, 0.15) is 11.6 Å². The molecule has 0 spiro atoms. The van der Waals surface area contributed by atoms with Gasteiger partial charge in [0.15, 0.2) is 9.84 Å². The van der Waals surface area contributed by atoms with Crippen molar-refractivity contribution in [3.8, 4) is 0 Å². The standard InChI is InChI=1S/C13H15FN2O3S/c1-3-12(10-4-6-11(14)7-5-10)20(17,18)8-13-16-15-9(2)19-13/h4-7,12H,3,8H2,1-2H3/t12-/m0/s1. The highest BCUT2D eigenvalue weighted by molar-refractivity contribution is 7.90. The molecule has 0 fully saturated rings. The molecule has 5 nitrogen and oxygen atoms in total. The van der Waals surface area contributed by atoms with Crippen LogP contribution < -0.4 is 0 Å². The molecule has 1 heterocycles. The largest absolute Gasteiger partial charge is 0.424 e. The number of nitrogens with zero attached hydrogens (tertiary/aromatic N) is 2. The Morgan fingerprint density at radius 3 is 2.40 bits per heavy atom. The zero-order valence-electron chi connectivity index (χ0n) is 11.2. The summed E-state index contributed by atoms with van der Waals surface area (Å²) in [5.74, 6) is -0.314. The third-order valence-corrected chi connectivity index (χ3v) is 5.06. The normalized spacial score (nSPS) is 13.3. The summed E-state index contributed by atoms with van der Waals surface area (Å²) in [5.41, 5.74) is 0.560. The van der Waals surface area contributed by atoms with Crippen LogP contribution in [0.3, 0.4) is 0 Å². The minimum atomic E-state index is -3.50. The molecule has 7 heteroatoms. The first-order chi connectivity index (χ1) is 9.42. The molecule has 0 unspecified atom stereocenters. The molecule has 0 saturated heterocycles. The van der Waals surface area contributed by atoms with Crippen LogP contribution in [0.5, 0.6) is 0 Å². The summed E-state index contributed by atoms with van der Waals surface area (Å²) in [6.07, 6.45) is 0.390. The smallest absolute Gasteiger partial charge is 0.231 e. The van der Waals surface area contributed by atoms with Crippen molar-refractivity contribution in [2.45, 2.75) is 31.3 Å². The van der Waals surface area contributed by atoms with Crippen LogP contribution >= 0.6 is 0 Å². The van der Waals surface area contributed by atoms with E-state index in [2.05, 4.69) is 10.2 Å². The van der Waals surface area contributed by atoms with Crippen molar-refractivity contribution in [2.24, 2.45) is 0 Å². The lowest BCUT2D eigenvalue weighted by Crippen LogP contribution is -2.15. The maximum absolute atomic E-state index is 12.9. The number of sulfone groups is 1. The summed E-state index contributed by atoms with van der Waals surface area (Å²) < 4.78 is 42.8. The lowest BCUT2D eigenvalue weighted by atomic mass is 10.1. The van der Waals surface area contributed by atoms with Crippen LogP contribution in [0.4, 0.5) is 4.39 Å². The molecule has 0 aliphatic carbocycles. The zero-order chi connectivity index (χ0) is 14.8. The molecule has 0 radical (unpaired) electrons. The summed E-state index contributed by atoms with van der Waals surface area (Å²) in [7, 11) is -3.50. The van der Waals surface area contributed by atoms with E-state index in [1.807, 2.05) is 0 Å². The fourth-order valence-electron chi connectivity index (χ4n) is 2.04. The van der Waals surface area contributed by atoms with E-state index in [1.165, 1.54) is 24.3 Å². The van der Waals surface area contributed by atoms with E-state index in [4.69, 9.17) is 4.42 Å². The number of benzene rings is 1. The fraction of sp³-hybridized carbons (Fsp3) is 0.385. The molecule has 1 aromatic heterocycles. The molecule has 0 bridgehead atoms. The highest BCUT2D eigenvalue weighted by Gasteiger charge is 2.28. The fourth-order valence-corrected chi connectivity index (χ4v) is 3.78. The van der Waals surface area contributed by atoms with Gasteiger partial charge >= 0.3 is 0 Å². The van der Waals surface area contributed by atoms with E-state index in [9.17, 15) is 12.8 Å². The van der Waals surface area contributed by atoms with E-state index in [1.54, 1.807) is 13.8 Å². The number of rotatable bonds is 5. The average molecular weight is 298 g/mol. The summed E-state index contributed by atoms with van der Waals surface area (Å²) in [4.78, 5) is 0. The molecule has 0 aliphatic heterocycles. The van der Waals surface area contributed by atoms with E-state index >= 15 is 0 Å². The van der Waals surface area contributed by atoms with E-state index < -0.39 is 20.9 Å². The predicted molar refractivity (Wildman–Crippen MR) is 71.1 cm³/mol. The van der Waals surface area contributed by atoms with Crippen molar-refractivity contribution in [2.75, 3.05) is 0 Å². The van der Waals surface area contributed by atoms with Crippen molar-refractivity contribution < 1.29 is 17.2 Å². The highest BCUT2D eigenvalue weighted by Crippen LogP contribution is 2.28. The maximum atomic E-state index is 12.9. The minimum Gasteiger partial charge on any atom is -0.424 e. The van der Waals surface area contributed by atoms with Crippen LogP contribution in [0.2, 0.25) is 0 Å². The maximum Gasteiger partial charge on any atom is 0.231 e. The van der Waals surface area contributed by atoms with Gasteiger partial charge < -0.3 is 4.42 Å². The second-order valence-corrected chi connectivity index (χ2v) is 6.65. The van der Waals surface area contributed by atoms with Crippen LogP contribution in [0.1, 0.15) is 35.9 Å². The van der Waals surface area contributed by atoms with Crippen molar-refractivity contribution in [3.05, 3.63) is 47.4 Å². The second kappa shape index (κ2) is 5.70. The summed E-state index contributed by atoms with van der Waals surface area (Å²) in [6, 6.07) is 5.48. The van der Waals surface area contributed by atoms with Gasteiger partial charge in [-0.25, -0.2) is 12.8 Å². The van der Waals surface area contributed by atoms with Crippen molar-refractivity contribution in [3.63, 3.8) is 0 Å². The summed E-state index contributed by atoms with van der Waals surface area (Å²) in [5, 5.41) is 6.60. The minimum absolute atomic E-state index is 0.0723. The number of aryl methyl sites for hydroxylation is 1. The van der Waals surface area contributed by atoms with Gasteiger partial charge in [-0.05, 0) is 24.1 Å². The van der Waals surface area contributed by atoms with Gasteiger partial charge in [-0.2, -0.15) is 0 Å². The first kappa shape index (κ1) is 14.6. The second-order valence-electron chi connectivity index (χ2n) is 4.47. The Kier molecular flexibility index (Phi) is 4.17. The third-order valence-electron chi connectivity index (χ3n) is 2.94. The van der Waals surface area contributed by atoms with Crippen molar-refractivity contribution in [1.82, 2.24) is 10.2 Å². The lowest BCUT2D eigenvalue weighted by Gasteiger charge is -2.15. The van der Waals surface area contributed by atoms with E-state index in [-0.39, 0.29) is 11.6 Å². The Bertz CT molecular complexity index is 680. The Hall–Kier alpha value is -1.76. The number of hydrogen-bond acceptors (Lipinski definition) is 5. The number of halogens is 1. The van der Waals surface area contributed by atoms with Crippen LogP contribution in [0, 0.1) is 12.7 Å². The Balaban J connectivity index is 2.27. The van der Waals surface area contributed by atoms with Gasteiger partial charge in [-0.3, -0.25) is 0 Å². The van der Waals surface area contributed by atoms with Crippen molar-refractivity contribution >= 4 is 9.84 Å². The molecule has 1 atom stereocenters. The van der Waals surface area contributed by atoms with Crippen LogP contribution in [0.25, 0.3) is 0 Å². The number of hydrogen-bond donors (Lipinski definition) is 0. The SMILES string of the molecule is CC[C@@H](c1ccc(F)cc1)S(=O)(=O)Cc1nnc(C)o1. The quantitative estimate of drug-likeness (QED) is 0.848. The van der Waals surface area contributed by atoms with E-state index in [0.29, 0.717) is 17.9 Å². The molecule has 0 amide bonds. The topological polar surface area (TPSA) is 73.1 Å². The van der Waals surface area contributed by atoms with Crippen LogP contribution in [-0.4, -0.2) is 18.6 Å². The van der Waals surface area contributed by atoms with E-state index in [0.717, 1.165) is 0 Å². The molecule has 108 valence electrons. The first-order valence-electron chi connectivity index (χ1n) is 6.18. The third kappa shape index (κ3) is 3.22. The Morgan fingerprint density at radius 1 is 1.25 bits per heavy atom. The molecule has 1 aromatic carbocycles. The number of aromatic nitrogens is 2. The van der Waals surface area contributed by atoms with Gasteiger partial charge in [0.25, 0.3) is 0 Å². The molecular weight excluding hydrogens is 283 g/mol. The summed E-state index contributed by atoms with van der Waals surface area (Å²) in [6.45, 7) is 3.37. The van der Waals surface area contributed by atoms with Gasteiger partial charge in [-0.1, -0.05) is 19.1 Å². The van der Waals surface area contributed by atoms with Crippen LogP contribution in [-0.2, 0) is 15.6 Å². The summed E-state index contributed by atoms with van der Waals surface area (Å²) >= 11 is 0. The zero-order valence-corrected chi connectivity index (χ0v) is 12.0. The van der Waals surface area contributed by atoms with Gasteiger partial charge in [0.2, 0.25) is 11.8 Å².